The van der Waals surface area contributed by atoms with Crippen LogP contribution in [0.15, 0.2) is 30.3 Å². The molecular formula is C22H24N4O2. The van der Waals surface area contributed by atoms with Crippen LogP contribution in [0.5, 0.6) is 0 Å². The number of pyridine rings is 1. The smallest absolute Gasteiger partial charge is 0.250 e. The quantitative estimate of drug-likeness (QED) is 0.819. The molecule has 1 aliphatic heterocycles. The van der Waals surface area contributed by atoms with Crippen molar-refractivity contribution in [1.29, 1.82) is 5.26 Å². The van der Waals surface area contributed by atoms with Gasteiger partial charge in [0.05, 0.1) is 12.1 Å². The molecule has 0 radical (unpaired) electrons. The number of aryl methyl sites for hydroxylation is 3. The summed E-state index contributed by atoms with van der Waals surface area (Å²) in [4.78, 5) is 33.6. The van der Waals surface area contributed by atoms with Gasteiger partial charge in [0, 0.05) is 24.3 Å². The van der Waals surface area contributed by atoms with Crippen LogP contribution in [0.2, 0.25) is 0 Å². The maximum atomic E-state index is 13.4. The van der Waals surface area contributed by atoms with E-state index in [-0.39, 0.29) is 24.7 Å². The number of ketones is 1. The van der Waals surface area contributed by atoms with Gasteiger partial charge in [-0.25, -0.2) is 4.98 Å². The van der Waals surface area contributed by atoms with Crippen LogP contribution in [0.4, 0.5) is 11.5 Å². The Bertz CT molecular complexity index is 977. The van der Waals surface area contributed by atoms with Crippen molar-refractivity contribution in [3.63, 3.8) is 0 Å². The zero-order valence-electron chi connectivity index (χ0n) is 16.7. The SMILES string of the molecule is CCN(C(=O)C1CC(=O)CN1c1nc(C)cc(C)c1C#N)c1cccc(C)c1. The van der Waals surface area contributed by atoms with Crippen molar-refractivity contribution in [1.82, 2.24) is 4.98 Å². The summed E-state index contributed by atoms with van der Waals surface area (Å²) in [6.07, 6.45) is 0.126. The first-order valence-electron chi connectivity index (χ1n) is 9.40. The second kappa shape index (κ2) is 7.81. The van der Waals surface area contributed by atoms with E-state index in [4.69, 9.17) is 0 Å². The summed E-state index contributed by atoms with van der Waals surface area (Å²) < 4.78 is 0. The number of Topliss-reactive ketones (excluding diaryl/α,β-unsaturated/α-hetero) is 1. The number of anilines is 2. The Labute approximate surface area is 165 Å². The van der Waals surface area contributed by atoms with Crippen molar-refractivity contribution < 1.29 is 9.59 Å². The number of carbonyl (C=O) groups is 2. The lowest BCUT2D eigenvalue weighted by molar-refractivity contribution is -0.122. The third kappa shape index (κ3) is 3.61. The van der Waals surface area contributed by atoms with E-state index in [1.54, 1.807) is 9.80 Å². The molecule has 1 atom stereocenters. The van der Waals surface area contributed by atoms with Crippen molar-refractivity contribution in [3.8, 4) is 6.07 Å². The Kier molecular flexibility index (Phi) is 5.46. The van der Waals surface area contributed by atoms with Crippen molar-refractivity contribution in [2.45, 2.75) is 40.2 Å². The fourth-order valence-electron chi connectivity index (χ4n) is 3.74. The molecule has 6 nitrogen and oxygen atoms in total. The number of benzene rings is 1. The highest BCUT2D eigenvalue weighted by atomic mass is 16.2. The maximum Gasteiger partial charge on any atom is 0.250 e. The van der Waals surface area contributed by atoms with Gasteiger partial charge in [-0.2, -0.15) is 5.26 Å². The van der Waals surface area contributed by atoms with E-state index < -0.39 is 6.04 Å². The molecule has 1 fully saturated rings. The van der Waals surface area contributed by atoms with E-state index >= 15 is 0 Å². The number of rotatable bonds is 4. The van der Waals surface area contributed by atoms with E-state index in [2.05, 4.69) is 11.1 Å². The van der Waals surface area contributed by atoms with E-state index in [0.717, 1.165) is 22.5 Å². The molecule has 1 aromatic carbocycles. The number of hydrogen-bond donors (Lipinski definition) is 0. The zero-order valence-corrected chi connectivity index (χ0v) is 16.7. The standard InChI is InChI=1S/C22H24N4O2/c1-5-25(17-8-6-7-14(2)9-17)22(28)20-11-18(27)13-26(20)21-19(12-23)15(3)10-16(4)24-21/h6-10,20H,5,11,13H2,1-4H3. The first-order chi connectivity index (χ1) is 13.3. The van der Waals surface area contributed by atoms with Gasteiger partial charge >= 0.3 is 0 Å². The second-order valence-corrected chi connectivity index (χ2v) is 7.20. The molecule has 0 aliphatic carbocycles. The highest BCUT2D eigenvalue weighted by molar-refractivity contribution is 6.05. The molecule has 1 amide bonds. The van der Waals surface area contributed by atoms with Crippen molar-refractivity contribution in [2.75, 3.05) is 22.9 Å². The van der Waals surface area contributed by atoms with Gasteiger partial charge in [0.25, 0.3) is 0 Å². The molecule has 3 rings (SSSR count). The van der Waals surface area contributed by atoms with Gasteiger partial charge in [-0.05, 0) is 57.0 Å². The average molecular weight is 376 g/mol. The lowest BCUT2D eigenvalue weighted by Crippen LogP contribution is -2.46. The molecule has 1 saturated heterocycles. The van der Waals surface area contributed by atoms with Crippen molar-refractivity contribution in [3.05, 3.63) is 52.7 Å². The molecule has 1 aliphatic rings. The third-order valence-corrected chi connectivity index (χ3v) is 5.03. The van der Waals surface area contributed by atoms with Crippen LogP contribution >= 0.6 is 0 Å². The molecule has 2 aromatic rings. The molecule has 6 heteroatoms. The lowest BCUT2D eigenvalue weighted by Gasteiger charge is -2.30. The Morgan fingerprint density at radius 3 is 2.71 bits per heavy atom. The number of nitrogens with zero attached hydrogens (tertiary/aromatic N) is 4. The van der Waals surface area contributed by atoms with Gasteiger partial charge in [-0.3, -0.25) is 9.59 Å². The predicted molar refractivity (Wildman–Crippen MR) is 108 cm³/mol. The summed E-state index contributed by atoms with van der Waals surface area (Å²) in [5, 5.41) is 9.61. The highest BCUT2D eigenvalue weighted by Gasteiger charge is 2.40. The minimum atomic E-state index is -0.659. The second-order valence-electron chi connectivity index (χ2n) is 7.20. The fraction of sp³-hybridized carbons (Fsp3) is 0.364. The molecule has 0 spiro atoms. The van der Waals surface area contributed by atoms with Crippen LogP contribution in [0, 0.1) is 32.1 Å². The number of hydrogen-bond acceptors (Lipinski definition) is 5. The summed E-state index contributed by atoms with van der Waals surface area (Å²) in [7, 11) is 0. The Balaban J connectivity index is 2.02. The number of likely N-dealkylation sites (N-methyl/N-ethyl adjacent to an activating group) is 1. The molecule has 2 heterocycles. The third-order valence-electron chi connectivity index (χ3n) is 5.03. The molecule has 0 bridgehead atoms. The summed E-state index contributed by atoms with van der Waals surface area (Å²) >= 11 is 0. The van der Waals surface area contributed by atoms with Crippen LogP contribution < -0.4 is 9.80 Å². The van der Waals surface area contributed by atoms with E-state index in [9.17, 15) is 14.9 Å². The predicted octanol–water partition coefficient (Wildman–Crippen LogP) is 3.08. The summed E-state index contributed by atoms with van der Waals surface area (Å²) in [6.45, 7) is 8.16. The normalized spacial score (nSPS) is 16.2. The van der Waals surface area contributed by atoms with Gasteiger partial charge < -0.3 is 9.80 Å². The highest BCUT2D eigenvalue weighted by Crippen LogP contribution is 2.30. The monoisotopic (exact) mass is 376 g/mol. The zero-order chi connectivity index (χ0) is 20.4. The van der Waals surface area contributed by atoms with E-state index in [0.29, 0.717) is 17.9 Å². The Morgan fingerprint density at radius 2 is 2.07 bits per heavy atom. The number of carbonyl (C=O) groups excluding carboxylic acids is 2. The number of aromatic nitrogens is 1. The minimum absolute atomic E-state index is 0.0245. The van der Waals surface area contributed by atoms with Crippen molar-refractivity contribution >= 4 is 23.2 Å². The van der Waals surface area contributed by atoms with Crippen molar-refractivity contribution in [2.24, 2.45) is 0 Å². The lowest BCUT2D eigenvalue weighted by atomic mass is 10.1. The number of nitriles is 1. The van der Waals surface area contributed by atoms with E-state index in [1.807, 2.05) is 58.0 Å². The molecule has 0 saturated carbocycles. The van der Waals surface area contributed by atoms with Gasteiger partial charge in [0.1, 0.15) is 17.9 Å². The van der Waals surface area contributed by atoms with Gasteiger partial charge in [-0.1, -0.05) is 12.1 Å². The summed E-state index contributed by atoms with van der Waals surface area (Å²) in [5.74, 6) is 0.247. The van der Waals surface area contributed by atoms with E-state index in [1.165, 1.54) is 0 Å². The molecule has 1 unspecified atom stereocenters. The van der Waals surface area contributed by atoms with Crippen LogP contribution in [0.25, 0.3) is 0 Å². The maximum absolute atomic E-state index is 13.4. The average Bonchev–Trinajstić information content (AvgIpc) is 3.03. The topological polar surface area (TPSA) is 77.3 Å². The molecule has 0 N–H and O–H groups in total. The van der Waals surface area contributed by atoms with Crippen LogP contribution in [-0.4, -0.2) is 35.8 Å². The minimum Gasteiger partial charge on any atom is -0.336 e. The Morgan fingerprint density at radius 1 is 1.32 bits per heavy atom. The first kappa shape index (κ1) is 19.6. The largest absolute Gasteiger partial charge is 0.336 e. The summed E-state index contributed by atoms with van der Waals surface area (Å²) in [5.41, 5.74) is 3.83. The van der Waals surface area contributed by atoms with Crippen LogP contribution in [-0.2, 0) is 9.59 Å². The molecule has 144 valence electrons. The van der Waals surface area contributed by atoms with Gasteiger partial charge in [-0.15, -0.1) is 0 Å². The molecule has 28 heavy (non-hydrogen) atoms. The van der Waals surface area contributed by atoms with Crippen LogP contribution in [0.3, 0.4) is 0 Å². The van der Waals surface area contributed by atoms with Gasteiger partial charge in [0.2, 0.25) is 5.91 Å². The van der Waals surface area contributed by atoms with Gasteiger partial charge in [0.15, 0.2) is 5.78 Å². The summed E-state index contributed by atoms with van der Waals surface area (Å²) in [6, 6.07) is 11.1. The first-order valence-corrected chi connectivity index (χ1v) is 9.40. The fourth-order valence-corrected chi connectivity index (χ4v) is 3.74. The molecular weight excluding hydrogens is 352 g/mol. The van der Waals surface area contributed by atoms with Crippen LogP contribution in [0.1, 0.15) is 35.7 Å². The molecule has 1 aromatic heterocycles. The Hall–Kier alpha value is -3.20. The number of amides is 1.